The van der Waals surface area contributed by atoms with Crippen LogP contribution in [0.1, 0.15) is 16.1 Å². The molecule has 0 aliphatic carbocycles. The number of H-pyrrole nitrogens is 2. The number of nitrogens with one attached hydrogen (secondary N) is 3. The molecule has 6 nitrogen and oxygen atoms in total. The standard InChI is InChI=1S/C12H10IN3O3/c1-6-7(13)3-2-4-8(6)14-11(18)9-5-10(17)16-12(19)15-9/h2-5H,1H3,(H,14,18)(H2,15,16,17,19). The molecule has 0 spiro atoms. The second kappa shape index (κ2) is 5.39. The van der Waals surface area contributed by atoms with Gasteiger partial charge in [-0.05, 0) is 47.2 Å². The molecule has 3 N–H and O–H groups in total. The van der Waals surface area contributed by atoms with Gasteiger partial charge in [-0.2, -0.15) is 0 Å². The lowest BCUT2D eigenvalue weighted by atomic mass is 10.2. The Morgan fingerprint density at radius 1 is 1.26 bits per heavy atom. The first-order valence-corrected chi connectivity index (χ1v) is 6.45. The summed E-state index contributed by atoms with van der Waals surface area (Å²) >= 11 is 2.16. The van der Waals surface area contributed by atoms with Crippen molar-refractivity contribution in [2.24, 2.45) is 0 Å². The molecule has 0 aliphatic heterocycles. The van der Waals surface area contributed by atoms with E-state index in [4.69, 9.17) is 0 Å². The van der Waals surface area contributed by atoms with E-state index in [1.807, 2.05) is 24.0 Å². The van der Waals surface area contributed by atoms with Gasteiger partial charge in [0.2, 0.25) is 0 Å². The highest BCUT2D eigenvalue weighted by molar-refractivity contribution is 14.1. The lowest BCUT2D eigenvalue weighted by molar-refractivity contribution is 0.102. The summed E-state index contributed by atoms with van der Waals surface area (Å²) in [5.74, 6) is -0.534. The van der Waals surface area contributed by atoms with Gasteiger partial charge in [-0.3, -0.25) is 14.6 Å². The highest BCUT2D eigenvalue weighted by atomic mass is 127. The molecule has 0 fully saturated rings. The SMILES string of the molecule is Cc1c(I)cccc1NC(=O)c1cc(=O)[nH]c(=O)[nH]1. The smallest absolute Gasteiger partial charge is 0.320 e. The van der Waals surface area contributed by atoms with E-state index in [9.17, 15) is 14.4 Å². The van der Waals surface area contributed by atoms with Crippen LogP contribution in [0, 0.1) is 10.5 Å². The molecule has 19 heavy (non-hydrogen) atoms. The maximum absolute atomic E-state index is 11.9. The number of rotatable bonds is 2. The van der Waals surface area contributed by atoms with Crippen molar-refractivity contribution < 1.29 is 4.79 Å². The van der Waals surface area contributed by atoms with Crippen LogP contribution in [0.15, 0.2) is 33.9 Å². The fourth-order valence-corrected chi connectivity index (χ4v) is 2.02. The summed E-state index contributed by atoms with van der Waals surface area (Å²) in [6.45, 7) is 1.87. The molecule has 1 heterocycles. The number of aromatic nitrogens is 2. The monoisotopic (exact) mass is 371 g/mol. The molecule has 0 aliphatic rings. The Bertz CT molecular complexity index is 720. The van der Waals surface area contributed by atoms with Gasteiger partial charge in [0.1, 0.15) is 5.69 Å². The number of aromatic amines is 2. The van der Waals surface area contributed by atoms with Crippen LogP contribution in [0.2, 0.25) is 0 Å². The van der Waals surface area contributed by atoms with Gasteiger partial charge in [0.25, 0.3) is 11.5 Å². The van der Waals surface area contributed by atoms with Gasteiger partial charge in [0.05, 0.1) is 0 Å². The summed E-state index contributed by atoms with van der Waals surface area (Å²) < 4.78 is 1.01. The number of hydrogen-bond acceptors (Lipinski definition) is 3. The predicted molar refractivity (Wildman–Crippen MR) is 79.5 cm³/mol. The van der Waals surface area contributed by atoms with E-state index in [-0.39, 0.29) is 5.69 Å². The molecule has 0 atom stereocenters. The molecule has 7 heteroatoms. The zero-order chi connectivity index (χ0) is 14.0. The number of carbonyl (C=O) groups excluding carboxylic acids is 1. The van der Waals surface area contributed by atoms with Crippen molar-refractivity contribution >= 4 is 34.2 Å². The second-order valence-corrected chi connectivity index (χ2v) is 5.03. The normalized spacial score (nSPS) is 10.2. The number of amides is 1. The van der Waals surface area contributed by atoms with E-state index in [0.29, 0.717) is 5.69 Å². The van der Waals surface area contributed by atoms with Gasteiger partial charge in [0.15, 0.2) is 0 Å². The second-order valence-electron chi connectivity index (χ2n) is 3.87. The van der Waals surface area contributed by atoms with Crippen LogP contribution in [0.4, 0.5) is 5.69 Å². The Hall–Kier alpha value is -1.90. The third-order valence-electron chi connectivity index (χ3n) is 2.52. The molecule has 0 saturated heterocycles. The average molecular weight is 371 g/mol. The highest BCUT2D eigenvalue weighted by Gasteiger charge is 2.10. The first-order chi connectivity index (χ1) is 8.97. The molecule has 2 aromatic rings. The van der Waals surface area contributed by atoms with Crippen molar-refractivity contribution in [3.8, 4) is 0 Å². The van der Waals surface area contributed by atoms with Crippen molar-refractivity contribution in [2.45, 2.75) is 6.92 Å². The molecule has 0 bridgehead atoms. The van der Waals surface area contributed by atoms with E-state index in [0.717, 1.165) is 15.2 Å². The summed E-state index contributed by atoms with van der Waals surface area (Å²) in [7, 11) is 0. The van der Waals surface area contributed by atoms with Gasteiger partial charge in [0, 0.05) is 15.3 Å². The van der Waals surface area contributed by atoms with Crippen LogP contribution in [0.5, 0.6) is 0 Å². The predicted octanol–water partition coefficient (Wildman–Crippen LogP) is 1.23. The Morgan fingerprint density at radius 3 is 2.68 bits per heavy atom. The van der Waals surface area contributed by atoms with Crippen molar-refractivity contribution in [3.05, 3.63) is 59.9 Å². The lowest BCUT2D eigenvalue weighted by Crippen LogP contribution is -2.27. The third-order valence-corrected chi connectivity index (χ3v) is 3.69. The summed E-state index contributed by atoms with van der Waals surface area (Å²) in [6, 6.07) is 6.52. The van der Waals surface area contributed by atoms with Crippen LogP contribution in [-0.4, -0.2) is 15.9 Å². The Labute approximate surface area is 121 Å². The number of halogens is 1. The molecular formula is C12H10IN3O3. The minimum Gasteiger partial charge on any atom is -0.320 e. The van der Waals surface area contributed by atoms with Gasteiger partial charge in [-0.1, -0.05) is 6.07 Å². The molecular weight excluding hydrogens is 361 g/mol. The molecule has 0 unspecified atom stereocenters. The molecule has 0 radical (unpaired) electrons. The maximum Gasteiger partial charge on any atom is 0.326 e. The zero-order valence-corrected chi connectivity index (χ0v) is 12.1. The molecule has 1 aromatic heterocycles. The van der Waals surface area contributed by atoms with Crippen LogP contribution in [0.25, 0.3) is 0 Å². The lowest BCUT2D eigenvalue weighted by Gasteiger charge is -2.09. The van der Waals surface area contributed by atoms with E-state index < -0.39 is 17.2 Å². The Balaban J connectivity index is 2.33. The fraction of sp³-hybridized carbons (Fsp3) is 0.0833. The molecule has 1 aromatic carbocycles. The summed E-state index contributed by atoms with van der Waals surface area (Å²) in [5.41, 5.74) is 0.152. The summed E-state index contributed by atoms with van der Waals surface area (Å²) in [5, 5.41) is 2.66. The van der Waals surface area contributed by atoms with Gasteiger partial charge < -0.3 is 10.3 Å². The van der Waals surface area contributed by atoms with E-state index >= 15 is 0 Å². The first-order valence-electron chi connectivity index (χ1n) is 5.37. The Kier molecular flexibility index (Phi) is 3.84. The van der Waals surface area contributed by atoms with Crippen LogP contribution in [0.3, 0.4) is 0 Å². The largest absolute Gasteiger partial charge is 0.326 e. The van der Waals surface area contributed by atoms with E-state index in [1.54, 1.807) is 6.07 Å². The fourth-order valence-electron chi connectivity index (χ4n) is 1.52. The topological polar surface area (TPSA) is 94.8 Å². The van der Waals surface area contributed by atoms with Crippen LogP contribution < -0.4 is 16.6 Å². The minimum atomic E-state index is -0.711. The van der Waals surface area contributed by atoms with Gasteiger partial charge >= 0.3 is 5.69 Å². The zero-order valence-electron chi connectivity index (χ0n) is 9.91. The average Bonchev–Trinajstić information content (AvgIpc) is 2.33. The van der Waals surface area contributed by atoms with Crippen molar-refractivity contribution in [2.75, 3.05) is 5.32 Å². The molecule has 1 amide bonds. The first kappa shape index (κ1) is 13.5. The molecule has 98 valence electrons. The van der Waals surface area contributed by atoms with Gasteiger partial charge in [-0.15, -0.1) is 0 Å². The molecule has 2 rings (SSSR count). The van der Waals surface area contributed by atoms with Crippen molar-refractivity contribution in [1.29, 1.82) is 0 Å². The molecule has 0 saturated carbocycles. The van der Waals surface area contributed by atoms with Gasteiger partial charge in [-0.25, -0.2) is 4.79 Å². The van der Waals surface area contributed by atoms with E-state index in [1.165, 1.54) is 0 Å². The quantitative estimate of drug-likeness (QED) is 0.693. The number of anilines is 1. The minimum absolute atomic E-state index is 0.0768. The highest BCUT2D eigenvalue weighted by Crippen LogP contribution is 2.20. The maximum atomic E-state index is 11.9. The summed E-state index contributed by atoms with van der Waals surface area (Å²) in [4.78, 5) is 38.5. The van der Waals surface area contributed by atoms with Crippen LogP contribution in [-0.2, 0) is 0 Å². The summed E-state index contributed by atoms with van der Waals surface area (Å²) in [6.07, 6.45) is 0. The third kappa shape index (κ3) is 3.11. The van der Waals surface area contributed by atoms with Crippen molar-refractivity contribution in [1.82, 2.24) is 9.97 Å². The number of carbonyl (C=O) groups is 1. The number of hydrogen-bond donors (Lipinski definition) is 3. The number of benzene rings is 1. The van der Waals surface area contributed by atoms with Crippen molar-refractivity contribution in [3.63, 3.8) is 0 Å². The van der Waals surface area contributed by atoms with E-state index in [2.05, 4.69) is 32.9 Å². The van der Waals surface area contributed by atoms with Crippen LogP contribution >= 0.6 is 22.6 Å². The Morgan fingerprint density at radius 2 is 2.00 bits per heavy atom.